The summed E-state index contributed by atoms with van der Waals surface area (Å²) in [6, 6.07) is 6.03. The Balaban J connectivity index is 0.000000711. The van der Waals surface area contributed by atoms with Crippen molar-refractivity contribution in [1.82, 2.24) is 0 Å². The molecular formula is C14H19IO4. The van der Waals surface area contributed by atoms with E-state index in [1.165, 1.54) is 0 Å². The van der Waals surface area contributed by atoms with Crippen molar-refractivity contribution in [2.24, 2.45) is 0 Å². The standard InChI is InChI=1S/C12H15IO2.C2H4O2/c1-3-9-6-5-7-10(4-2)12(9)15-11(14)8-13;1-2(3)4/h5-7H,3-4,8H2,1-2H3;1H3,(H,3,4). The molecule has 1 N–H and O–H groups in total. The number of carboxylic acid groups (broad SMARTS) is 1. The average molecular weight is 378 g/mol. The van der Waals surface area contributed by atoms with Crippen molar-refractivity contribution in [2.45, 2.75) is 33.6 Å². The van der Waals surface area contributed by atoms with Crippen molar-refractivity contribution in [3.05, 3.63) is 29.3 Å². The van der Waals surface area contributed by atoms with Crippen molar-refractivity contribution >= 4 is 34.5 Å². The molecule has 0 saturated carbocycles. The number of benzene rings is 1. The molecule has 19 heavy (non-hydrogen) atoms. The smallest absolute Gasteiger partial charge is 0.321 e. The molecule has 0 aliphatic heterocycles. The maximum atomic E-state index is 11.3. The molecule has 0 saturated heterocycles. The highest BCUT2D eigenvalue weighted by molar-refractivity contribution is 14.1. The summed E-state index contributed by atoms with van der Waals surface area (Å²) >= 11 is 2.01. The molecular weight excluding hydrogens is 359 g/mol. The third-order valence-electron chi connectivity index (χ3n) is 2.26. The number of halogens is 1. The van der Waals surface area contributed by atoms with Crippen LogP contribution in [-0.2, 0) is 22.4 Å². The zero-order chi connectivity index (χ0) is 14.8. The Morgan fingerprint density at radius 2 is 1.63 bits per heavy atom. The van der Waals surface area contributed by atoms with Crippen LogP contribution in [-0.4, -0.2) is 21.5 Å². The maximum absolute atomic E-state index is 11.3. The number of alkyl halides is 1. The number of rotatable bonds is 4. The predicted molar refractivity (Wildman–Crippen MR) is 83.0 cm³/mol. The maximum Gasteiger partial charge on any atom is 0.321 e. The summed E-state index contributed by atoms with van der Waals surface area (Å²) < 4.78 is 5.75. The van der Waals surface area contributed by atoms with E-state index in [9.17, 15) is 4.79 Å². The number of aryl methyl sites for hydroxylation is 2. The minimum Gasteiger partial charge on any atom is -0.481 e. The van der Waals surface area contributed by atoms with Crippen molar-refractivity contribution in [2.75, 3.05) is 4.43 Å². The van der Waals surface area contributed by atoms with Gasteiger partial charge in [-0.15, -0.1) is 0 Å². The van der Waals surface area contributed by atoms with Gasteiger partial charge in [-0.25, -0.2) is 0 Å². The Labute approximate surface area is 127 Å². The fraction of sp³-hybridized carbons (Fsp3) is 0.429. The van der Waals surface area contributed by atoms with Crippen molar-refractivity contribution in [1.29, 1.82) is 0 Å². The van der Waals surface area contributed by atoms with E-state index >= 15 is 0 Å². The predicted octanol–water partition coefficient (Wildman–Crippen LogP) is 3.24. The SMILES string of the molecule is CC(=O)O.CCc1cccc(CC)c1OC(=O)CI. The van der Waals surface area contributed by atoms with Crippen molar-refractivity contribution in [3.63, 3.8) is 0 Å². The highest BCUT2D eigenvalue weighted by atomic mass is 127. The first kappa shape index (κ1) is 17.9. The number of hydrogen-bond acceptors (Lipinski definition) is 3. The van der Waals surface area contributed by atoms with E-state index in [1.54, 1.807) is 0 Å². The lowest BCUT2D eigenvalue weighted by atomic mass is 10.1. The molecule has 0 spiro atoms. The molecule has 0 amide bonds. The Bertz CT molecular complexity index is 403. The zero-order valence-corrected chi connectivity index (χ0v) is 13.6. The summed E-state index contributed by atoms with van der Waals surface area (Å²) in [4.78, 5) is 20.3. The molecule has 0 aromatic heterocycles. The minimum absolute atomic E-state index is 0.175. The van der Waals surface area contributed by atoms with Crippen LogP contribution in [0.1, 0.15) is 31.9 Å². The summed E-state index contributed by atoms with van der Waals surface area (Å²) in [5, 5.41) is 7.42. The van der Waals surface area contributed by atoms with Gasteiger partial charge in [0, 0.05) is 6.92 Å². The van der Waals surface area contributed by atoms with Gasteiger partial charge in [0.1, 0.15) is 5.75 Å². The molecule has 0 unspecified atom stereocenters. The van der Waals surface area contributed by atoms with Gasteiger partial charge in [-0.3, -0.25) is 9.59 Å². The largest absolute Gasteiger partial charge is 0.481 e. The van der Waals surface area contributed by atoms with Crippen LogP contribution in [0.15, 0.2) is 18.2 Å². The number of aliphatic carboxylic acids is 1. The molecule has 1 aromatic carbocycles. The van der Waals surface area contributed by atoms with E-state index in [0.29, 0.717) is 4.43 Å². The van der Waals surface area contributed by atoms with Gasteiger partial charge < -0.3 is 9.84 Å². The second-order valence-corrected chi connectivity index (χ2v) is 4.50. The number of hydrogen-bond donors (Lipinski definition) is 1. The topological polar surface area (TPSA) is 63.6 Å². The molecule has 4 nitrogen and oxygen atoms in total. The molecule has 0 aliphatic rings. The van der Waals surface area contributed by atoms with Crippen molar-refractivity contribution < 1.29 is 19.4 Å². The normalized spacial score (nSPS) is 9.26. The highest BCUT2D eigenvalue weighted by Gasteiger charge is 2.10. The van der Waals surface area contributed by atoms with Crippen LogP contribution in [0.3, 0.4) is 0 Å². The van der Waals surface area contributed by atoms with E-state index in [4.69, 9.17) is 14.6 Å². The third kappa shape index (κ3) is 7.15. The van der Waals surface area contributed by atoms with Gasteiger partial charge in [-0.2, -0.15) is 0 Å². The molecule has 0 atom stereocenters. The zero-order valence-electron chi connectivity index (χ0n) is 11.4. The number of carbonyl (C=O) groups excluding carboxylic acids is 1. The van der Waals surface area contributed by atoms with Gasteiger partial charge in [0.2, 0.25) is 0 Å². The lowest BCUT2D eigenvalue weighted by molar-refractivity contribution is -0.134. The number of esters is 1. The van der Waals surface area contributed by atoms with Crippen LogP contribution in [0.2, 0.25) is 0 Å². The molecule has 0 fully saturated rings. The first-order valence-corrected chi connectivity index (χ1v) is 7.55. The summed E-state index contributed by atoms with van der Waals surface area (Å²) in [7, 11) is 0. The molecule has 0 heterocycles. The molecule has 5 heteroatoms. The first-order chi connectivity index (χ1) is 8.96. The summed E-state index contributed by atoms with van der Waals surface area (Å²) in [6.07, 6.45) is 1.77. The van der Waals surface area contributed by atoms with Crippen molar-refractivity contribution in [3.8, 4) is 5.75 Å². The Hall–Kier alpha value is -1.11. The van der Waals surface area contributed by atoms with Gasteiger partial charge in [0.05, 0.1) is 4.43 Å². The number of carbonyl (C=O) groups is 2. The van der Waals surface area contributed by atoms with Crippen LogP contribution in [0, 0.1) is 0 Å². The summed E-state index contributed by atoms with van der Waals surface area (Å²) in [6.45, 7) is 5.21. The van der Waals surface area contributed by atoms with Crippen LogP contribution < -0.4 is 4.74 Å². The van der Waals surface area contributed by atoms with Crippen LogP contribution in [0.5, 0.6) is 5.75 Å². The Morgan fingerprint density at radius 3 is 1.95 bits per heavy atom. The second kappa shape index (κ2) is 9.77. The molecule has 1 aromatic rings. The second-order valence-electron chi connectivity index (χ2n) is 3.74. The summed E-state index contributed by atoms with van der Waals surface area (Å²) in [5.41, 5.74) is 2.21. The quantitative estimate of drug-likeness (QED) is 0.378. The minimum atomic E-state index is -0.833. The van der Waals surface area contributed by atoms with Gasteiger partial charge in [-0.1, -0.05) is 54.6 Å². The molecule has 1 rings (SSSR count). The van der Waals surface area contributed by atoms with Gasteiger partial charge in [0.15, 0.2) is 0 Å². The molecule has 106 valence electrons. The van der Waals surface area contributed by atoms with E-state index in [-0.39, 0.29) is 5.97 Å². The fourth-order valence-corrected chi connectivity index (χ4v) is 1.62. The Kier molecular flexibility index (Phi) is 9.20. The fourth-order valence-electron chi connectivity index (χ4n) is 1.47. The molecule has 0 radical (unpaired) electrons. The lowest BCUT2D eigenvalue weighted by Crippen LogP contribution is -2.11. The number of ether oxygens (including phenoxy) is 1. The van der Waals surface area contributed by atoms with Crippen LogP contribution in [0.25, 0.3) is 0 Å². The van der Waals surface area contributed by atoms with Crippen LogP contribution in [0.4, 0.5) is 0 Å². The van der Waals surface area contributed by atoms with Gasteiger partial charge >= 0.3 is 5.97 Å². The monoisotopic (exact) mass is 378 g/mol. The molecule has 0 aliphatic carbocycles. The van der Waals surface area contributed by atoms with E-state index in [2.05, 4.69) is 13.8 Å². The lowest BCUT2D eigenvalue weighted by Gasteiger charge is -2.12. The average Bonchev–Trinajstić information content (AvgIpc) is 2.38. The van der Waals surface area contributed by atoms with E-state index < -0.39 is 5.97 Å². The number of carboxylic acids is 1. The van der Waals surface area contributed by atoms with Gasteiger partial charge in [0.25, 0.3) is 5.97 Å². The van der Waals surface area contributed by atoms with Gasteiger partial charge in [-0.05, 0) is 24.0 Å². The first-order valence-electron chi connectivity index (χ1n) is 6.03. The highest BCUT2D eigenvalue weighted by Crippen LogP contribution is 2.25. The number of para-hydroxylation sites is 1. The molecule has 0 bridgehead atoms. The van der Waals surface area contributed by atoms with Crippen LogP contribution >= 0.6 is 22.6 Å². The van der Waals surface area contributed by atoms with E-state index in [1.807, 2.05) is 40.8 Å². The Morgan fingerprint density at radius 1 is 1.21 bits per heavy atom. The van der Waals surface area contributed by atoms with E-state index in [0.717, 1.165) is 36.6 Å². The third-order valence-corrected chi connectivity index (χ3v) is 2.89. The summed E-state index contributed by atoms with van der Waals surface area (Å²) in [5.74, 6) is -0.240.